The van der Waals surface area contributed by atoms with Crippen LogP contribution in [0.3, 0.4) is 0 Å². The normalized spacial score (nSPS) is 20.0. The van der Waals surface area contributed by atoms with E-state index < -0.39 is 4.47 Å². The third-order valence-electron chi connectivity index (χ3n) is 0.116. The van der Waals surface area contributed by atoms with Gasteiger partial charge in [0, 0.05) is 0 Å². The van der Waals surface area contributed by atoms with Crippen molar-refractivity contribution in [3.05, 3.63) is 0 Å². The zero-order valence-corrected chi connectivity index (χ0v) is 6.75. The van der Waals surface area contributed by atoms with E-state index in [1.54, 1.807) is 0 Å². The molecule has 0 aliphatic rings. The molecule has 0 aromatic rings. The molecule has 0 spiro atoms. The predicted molar refractivity (Wildman–Crippen MR) is 26.6 cm³/mol. The molecule has 3 nitrogen and oxygen atoms in total. The third kappa shape index (κ3) is 5.68. The summed E-state index contributed by atoms with van der Waals surface area (Å²) < 4.78 is 18.8. The number of hydrogen-bond donors (Lipinski definition) is 2. The van der Waals surface area contributed by atoms with E-state index in [2.05, 4.69) is 16.5 Å². The maximum atomic E-state index is 9.87. The average Bonchev–Trinajstić information content (AvgIpc) is 1.35. The van der Waals surface area contributed by atoms with Gasteiger partial charge in [0.05, 0.1) is 0 Å². The SMILES string of the molecule is O=[S](O)(=[Ca])OS. The van der Waals surface area contributed by atoms with E-state index in [1.165, 1.54) is 0 Å². The van der Waals surface area contributed by atoms with Crippen molar-refractivity contribution in [2.75, 3.05) is 0 Å². The topological polar surface area (TPSA) is 46.5 Å². The maximum absolute atomic E-state index is 9.87. The molecule has 0 rings (SSSR count). The van der Waals surface area contributed by atoms with Crippen LogP contribution in [0.25, 0.3) is 0 Å². The second-order valence-corrected chi connectivity index (χ2v) is 5.83. The minimum absolute atomic E-state index is 0.205. The Balaban J connectivity index is 3.85. The first-order valence-electron chi connectivity index (χ1n) is 0.987. The summed E-state index contributed by atoms with van der Waals surface area (Å²) in [4.78, 5) is 0. The van der Waals surface area contributed by atoms with Crippen LogP contribution >= 0.6 is 12.9 Å². The molecule has 1 atom stereocenters. The van der Waals surface area contributed by atoms with Gasteiger partial charge in [-0.25, -0.2) is 0 Å². The van der Waals surface area contributed by atoms with Crippen LogP contribution in [-0.4, -0.2) is 42.1 Å². The number of hydrogen-bond acceptors (Lipinski definition) is 3. The van der Waals surface area contributed by atoms with E-state index in [9.17, 15) is 4.21 Å². The molecule has 34 valence electrons. The average molecular weight is 154 g/mol. The van der Waals surface area contributed by atoms with Crippen LogP contribution in [0.2, 0.25) is 0 Å². The van der Waals surface area contributed by atoms with E-state index in [0.717, 1.165) is 0 Å². The summed E-state index contributed by atoms with van der Waals surface area (Å²) in [6.07, 6.45) is 0. The molecule has 6 heavy (non-hydrogen) atoms. The summed E-state index contributed by atoms with van der Waals surface area (Å²) in [6, 6.07) is 0. The fourth-order valence-corrected chi connectivity index (χ4v) is 0. The minimum atomic E-state index is -2.92. The molecule has 0 aliphatic carbocycles. The van der Waals surface area contributed by atoms with Crippen LogP contribution < -0.4 is 0 Å². The van der Waals surface area contributed by atoms with Gasteiger partial charge in [-0.2, -0.15) is 0 Å². The van der Waals surface area contributed by atoms with Crippen molar-refractivity contribution in [1.82, 2.24) is 0 Å². The standard InChI is InChI=1S/Ca.H2O3S2/c;1-5(2)3-4/h;4H,(H,1,2). The van der Waals surface area contributed by atoms with Crippen LogP contribution in [0, 0.1) is 0 Å². The van der Waals surface area contributed by atoms with Crippen molar-refractivity contribution >= 4 is 50.7 Å². The van der Waals surface area contributed by atoms with Crippen molar-refractivity contribution in [3.63, 3.8) is 0 Å². The van der Waals surface area contributed by atoms with Crippen molar-refractivity contribution in [2.24, 2.45) is 0 Å². The van der Waals surface area contributed by atoms with Gasteiger partial charge in [0.25, 0.3) is 0 Å². The van der Waals surface area contributed by atoms with Crippen molar-refractivity contribution < 1.29 is 12.4 Å². The van der Waals surface area contributed by atoms with Gasteiger partial charge in [0.15, 0.2) is 0 Å². The van der Waals surface area contributed by atoms with E-state index >= 15 is 0 Å². The van der Waals surface area contributed by atoms with E-state index in [0.29, 0.717) is 0 Å². The van der Waals surface area contributed by atoms with E-state index in [4.69, 9.17) is 4.55 Å². The molecule has 0 saturated heterocycles. The molecule has 0 bridgehead atoms. The Morgan fingerprint density at radius 1 is 2.00 bits per heavy atom. The Morgan fingerprint density at radius 3 is 2.17 bits per heavy atom. The molecular weight excluding hydrogens is 152 g/mol. The monoisotopic (exact) mass is 154 g/mol. The fraction of sp³-hybridized carbons (Fsp3) is 0. The van der Waals surface area contributed by atoms with E-state index in [-0.39, 0.29) is 33.3 Å². The van der Waals surface area contributed by atoms with Crippen LogP contribution in [-0.2, 0) is 8.10 Å². The molecule has 1 unspecified atom stereocenters. The van der Waals surface area contributed by atoms with Crippen LogP contribution in [0.1, 0.15) is 0 Å². The Morgan fingerprint density at radius 2 is 2.17 bits per heavy atom. The first-order chi connectivity index (χ1) is 2.56. The fourth-order valence-electron chi connectivity index (χ4n) is 0. The van der Waals surface area contributed by atoms with Crippen LogP contribution in [0.5, 0.6) is 0 Å². The summed E-state index contributed by atoms with van der Waals surface area (Å²) in [5.41, 5.74) is 0. The first kappa shape index (κ1) is 7.68. The summed E-state index contributed by atoms with van der Waals surface area (Å²) in [6.45, 7) is 0. The van der Waals surface area contributed by atoms with Gasteiger partial charge in [0.1, 0.15) is 0 Å². The molecule has 0 radical (unpaired) electrons. The Labute approximate surface area is 62.2 Å². The number of rotatable bonds is 1. The van der Waals surface area contributed by atoms with Gasteiger partial charge in [-0.15, -0.1) is 0 Å². The molecule has 1 N–H and O–H groups in total. The molecule has 0 amide bonds. The first-order valence-corrected chi connectivity index (χ1v) is 5.67. The van der Waals surface area contributed by atoms with Gasteiger partial charge in [-0.3, -0.25) is 0 Å². The van der Waals surface area contributed by atoms with Crippen molar-refractivity contribution in [3.8, 4) is 0 Å². The van der Waals surface area contributed by atoms with Crippen molar-refractivity contribution in [2.45, 2.75) is 0 Å². The summed E-state index contributed by atoms with van der Waals surface area (Å²) >= 11 is 3.31. The molecule has 0 fully saturated rings. The Hall–Kier alpha value is 1.68. The molecule has 0 saturated carbocycles. The van der Waals surface area contributed by atoms with Gasteiger partial charge in [0.2, 0.25) is 0 Å². The summed E-state index contributed by atoms with van der Waals surface area (Å²) in [5.74, 6) is 0. The summed E-state index contributed by atoms with van der Waals surface area (Å²) in [5, 5.41) is 0. The molecular formula is H2CaO3S2. The molecule has 0 heterocycles. The number of thiol groups is 1. The molecule has 0 aromatic heterocycles. The summed E-state index contributed by atoms with van der Waals surface area (Å²) in [7, 11) is 0. The Kier molecular flexibility index (Phi) is 3.66. The predicted octanol–water partition coefficient (Wildman–Crippen LogP) is -0.396. The Bertz CT molecular complexity index is 111. The second kappa shape index (κ2) is 2.86. The van der Waals surface area contributed by atoms with Crippen molar-refractivity contribution in [1.29, 1.82) is 0 Å². The molecule has 0 aromatic carbocycles. The van der Waals surface area contributed by atoms with Gasteiger partial charge < -0.3 is 0 Å². The van der Waals surface area contributed by atoms with Gasteiger partial charge in [-0.1, -0.05) is 0 Å². The quantitative estimate of drug-likeness (QED) is 0.307. The van der Waals surface area contributed by atoms with Gasteiger partial charge in [-0.05, 0) is 0 Å². The van der Waals surface area contributed by atoms with Crippen LogP contribution in [0.15, 0.2) is 0 Å². The zero-order chi connectivity index (χ0) is 5.21. The molecule has 6 heteroatoms. The van der Waals surface area contributed by atoms with E-state index in [1.807, 2.05) is 0 Å². The van der Waals surface area contributed by atoms with Crippen LogP contribution in [0.4, 0.5) is 0 Å². The second-order valence-electron chi connectivity index (χ2n) is 0.656. The third-order valence-corrected chi connectivity index (χ3v) is 2.53. The molecule has 0 aliphatic heterocycles. The zero-order valence-electron chi connectivity index (χ0n) is 2.83. The van der Waals surface area contributed by atoms with Gasteiger partial charge >= 0.3 is 63.1 Å².